The van der Waals surface area contributed by atoms with Crippen LogP contribution in [0.25, 0.3) is 0 Å². The van der Waals surface area contributed by atoms with Gasteiger partial charge in [0, 0.05) is 5.97 Å². The fraction of sp³-hybridized carbons (Fsp3) is 0.944. The van der Waals surface area contributed by atoms with Gasteiger partial charge in [-0.1, -0.05) is 58.3 Å². The molecule has 0 aliphatic carbocycles. The molecule has 0 saturated heterocycles. The van der Waals surface area contributed by atoms with E-state index in [1.165, 1.54) is 44.9 Å². The van der Waals surface area contributed by atoms with Crippen molar-refractivity contribution in [2.75, 3.05) is 0 Å². The summed E-state index contributed by atoms with van der Waals surface area (Å²) >= 11 is -0.653. The molecule has 0 bridgehead atoms. The fourth-order valence-corrected chi connectivity index (χ4v) is 6.61. The van der Waals surface area contributed by atoms with Crippen molar-refractivity contribution in [3.05, 3.63) is 0 Å². The van der Waals surface area contributed by atoms with Gasteiger partial charge < -0.3 is 9.90 Å². The van der Waals surface area contributed by atoms with E-state index in [-0.39, 0.29) is 6.42 Å². The number of hydrogen-bond acceptors (Lipinski definition) is 2. The summed E-state index contributed by atoms with van der Waals surface area (Å²) in [6.45, 7) is 9.27. The van der Waals surface area contributed by atoms with Gasteiger partial charge in [0.2, 0.25) is 0 Å². The first-order valence-corrected chi connectivity index (χ1v) is 15.2. The molecule has 0 heterocycles. The Morgan fingerprint density at radius 2 is 1.10 bits per heavy atom. The summed E-state index contributed by atoms with van der Waals surface area (Å²) < 4.78 is 4.65. The molecule has 0 unspecified atom stereocenters. The fourth-order valence-electron chi connectivity index (χ4n) is 2.33. The van der Waals surface area contributed by atoms with Crippen molar-refractivity contribution >= 4 is 25.7 Å². The van der Waals surface area contributed by atoms with Gasteiger partial charge in [-0.2, -0.15) is 0 Å². The normalized spacial score (nSPS) is 9.90. The third-order valence-corrected chi connectivity index (χ3v) is 12.5. The van der Waals surface area contributed by atoms with Crippen LogP contribution in [-0.4, -0.2) is 25.7 Å². The van der Waals surface area contributed by atoms with Gasteiger partial charge in [-0.25, -0.2) is 0 Å². The molecule has 3 heteroatoms. The van der Waals surface area contributed by atoms with Gasteiger partial charge in [0.25, 0.3) is 0 Å². The molecular weight excluding hydrogens is 367 g/mol. The summed E-state index contributed by atoms with van der Waals surface area (Å²) in [5.41, 5.74) is 0. The molecule has 0 spiro atoms. The molecule has 0 atom stereocenters. The molecule has 0 aromatic rings. The van der Waals surface area contributed by atoms with Gasteiger partial charge in [-0.3, -0.25) is 0 Å². The standard InChI is InChI=1S/C12H24O2.3C2H5.Sn/c1-2-3-4-5-6-7-8-9-10-11-12(13)14;3*1-2;/h2-11H2,1H3,(H,13,14);3*1H2,2H3;/q;;;;+1/p-1. The molecule has 0 saturated carbocycles. The van der Waals surface area contributed by atoms with Crippen LogP contribution in [0, 0.1) is 0 Å². The van der Waals surface area contributed by atoms with Crippen molar-refractivity contribution in [3.8, 4) is 0 Å². The maximum atomic E-state index is 10.1. The second kappa shape index (κ2) is 20.3. The number of rotatable bonds is 13. The second-order valence-electron chi connectivity index (χ2n) is 5.76. The molecule has 2 nitrogen and oxygen atoms in total. The van der Waals surface area contributed by atoms with Crippen LogP contribution in [0.15, 0.2) is 0 Å². The second-order valence-corrected chi connectivity index (χ2v) is 16.1. The quantitative estimate of drug-likeness (QED) is 0.312. The minimum absolute atomic E-state index is 0.232. The van der Waals surface area contributed by atoms with Crippen molar-refractivity contribution < 1.29 is 9.90 Å². The van der Waals surface area contributed by atoms with Crippen LogP contribution in [0.4, 0.5) is 0 Å². The Morgan fingerprint density at radius 1 is 0.714 bits per heavy atom. The predicted molar refractivity (Wildman–Crippen MR) is 94.0 cm³/mol. The first-order valence-electron chi connectivity index (χ1n) is 9.15. The average molecular weight is 405 g/mol. The van der Waals surface area contributed by atoms with E-state index in [2.05, 4.69) is 27.7 Å². The Morgan fingerprint density at radius 3 is 1.38 bits per heavy atom. The zero-order valence-corrected chi connectivity index (χ0v) is 17.9. The molecular formula is C18H38O2Sn. The zero-order chi connectivity index (χ0) is 16.3. The van der Waals surface area contributed by atoms with Crippen LogP contribution >= 0.6 is 0 Å². The van der Waals surface area contributed by atoms with Crippen molar-refractivity contribution in [2.24, 2.45) is 0 Å². The number of carboxylic acids is 1. The zero-order valence-electron chi connectivity index (χ0n) is 15.0. The molecule has 0 N–H and O–H groups in total. The molecule has 0 aromatic carbocycles. The van der Waals surface area contributed by atoms with E-state index in [4.69, 9.17) is 0 Å². The Labute approximate surface area is 140 Å². The van der Waals surface area contributed by atoms with E-state index < -0.39 is 25.7 Å². The third kappa shape index (κ3) is 22.7. The molecule has 0 radical (unpaired) electrons. The van der Waals surface area contributed by atoms with E-state index in [9.17, 15) is 9.90 Å². The molecule has 126 valence electrons. The van der Waals surface area contributed by atoms with Crippen molar-refractivity contribution in [2.45, 2.75) is 105 Å². The number of aliphatic carboxylic acids is 1. The van der Waals surface area contributed by atoms with Gasteiger partial charge in [0.15, 0.2) is 0 Å². The molecule has 0 amide bonds. The first-order chi connectivity index (χ1) is 10.1. The number of carbonyl (C=O) groups excluding carboxylic acids is 1. The van der Waals surface area contributed by atoms with E-state index in [0.29, 0.717) is 0 Å². The number of carbonyl (C=O) groups is 1. The van der Waals surface area contributed by atoms with Crippen molar-refractivity contribution in [1.29, 1.82) is 0 Å². The van der Waals surface area contributed by atoms with Crippen LogP contribution in [0.2, 0.25) is 13.3 Å². The van der Waals surface area contributed by atoms with Crippen LogP contribution in [-0.2, 0) is 4.79 Å². The van der Waals surface area contributed by atoms with E-state index in [0.717, 1.165) is 12.8 Å². The monoisotopic (exact) mass is 406 g/mol. The molecule has 0 aliphatic rings. The van der Waals surface area contributed by atoms with Crippen molar-refractivity contribution in [1.82, 2.24) is 0 Å². The van der Waals surface area contributed by atoms with Gasteiger partial charge in [0.1, 0.15) is 0 Å². The summed E-state index contributed by atoms with van der Waals surface area (Å²) in [4.78, 5) is 10.1. The van der Waals surface area contributed by atoms with Crippen LogP contribution in [0.3, 0.4) is 0 Å². The van der Waals surface area contributed by atoms with Gasteiger partial charge in [-0.05, 0) is 12.8 Å². The Balaban J connectivity index is 0. The minimum atomic E-state index is -0.909. The van der Waals surface area contributed by atoms with Crippen LogP contribution in [0.5, 0.6) is 0 Å². The summed E-state index contributed by atoms with van der Waals surface area (Å²) in [6.07, 6.45) is 11.2. The number of hydrogen-bond donors (Lipinski definition) is 0. The SMILES string of the molecule is CCCCCCCCCCCC(=O)[O-].C[CH2][Sn+]([CH2]C)[CH2]C. The molecule has 21 heavy (non-hydrogen) atoms. The van der Waals surface area contributed by atoms with E-state index in [1.807, 2.05) is 0 Å². The predicted octanol–water partition coefficient (Wildman–Crippen LogP) is 5.20. The first kappa shape index (κ1) is 23.5. The summed E-state index contributed by atoms with van der Waals surface area (Å²) in [6, 6.07) is 0. The van der Waals surface area contributed by atoms with Crippen LogP contribution < -0.4 is 5.11 Å². The Hall–Kier alpha value is 0.269. The third-order valence-electron chi connectivity index (χ3n) is 3.98. The summed E-state index contributed by atoms with van der Waals surface area (Å²) in [5.74, 6) is -0.909. The molecule has 0 rings (SSSR count). The number of unbranched alkanes of at least 4 members (excludes halogenated alkanes) is 8. The molecule has 0 fully saturated rings. The van der Waals surface area contributed by atoms with Gasteiger partial charge >= 0.3 is 53.8 Å². The topological polar surface area (TPSA) is 40.1 Å². The molecule has 0 aromatic heterocycles. The van der Waals surface area contributed by atoms with E-state index >= 15 is 0 Å². The number of carboxylic acid groups (broad SMARTS) is 1. The molecule has 0 aliphatic heterocycles. The van der Waals surface area contributed by atoms with Crippen LogP contribution in [0.1, 0.15) is 91.9 Å². The average Bonchev–Trinajstić information content (AvgIpc) is 2.48. The Bertz CT molecular complexity index is 198. The summed E-state index contributed by atoms with van der Waals surface area (Å²) in [7, 11) is 0. The summed E-state index contributed by atoms with van der Waals surface area (Å²) in [5, 5.41) is 10.1. The maximum absolute atomic E-state index is 10.1. The Kier molecular flexibility index (Phi) is 22.7. The van der Waals surface area contributed by atoms with Gasteiger partial charge in [-0.15, -0.1) is 0 Å². The van der Waals surface area contributed by atoms with E-state index in [1.54, 1.807) is 13.3 Å². The van der Waals surface area contributed by atoms with Crippen molar-refractivity contribution in [3.63, 3.8) is 0 Å². The van der Waals surface area contributed by atoms with Gasteiger partial charge in [0.05, 0.1) is 0 Å².